The van der Waals surface area contributed by atoms with Crippen molar-refractivity contribution < 1.29 is 4.74 Å². The Kier molecular flexibility index (Phi) is 4.94. The van der Waals surface area contributed by atoms with Gasteiger partial charge in [-0.3, -0.25) is 0 Å². The minimum Gasteiger partial charge on any atom is -0.383 e. The number of ether oxygens (including phenoxy) is 1. The van der Waals surface area contributed by atoms with Crippen molar-refractivity contribution in [2.45, 2.75) is 0 Å². The molecule has 30 heavy (non-hydrogen) atoms. The molecule has 5 rings (SSSR count). The number of pyridine rings is 1. The van der Waals surface area contributed by atoms with Gasteiger partial charge in [0.25, 0.3) is 0 Å². The fraction of sp³-hybridized carbons (Fsp3) is 0.174. The highest BCUT2D eigenvalue weighted by Gasteiger charge is 2.15. The molecule has 0 saturated carbocycles. The predicted molar refractivity (Wildman–Crippen MR) is 121 cm³/mol. The number of nitrogen functional groups attached to an aromatic ring is 1. The minimum absolute atomic E-state index is 0.400. The molecular formula is C23H20ClN5O. The molecule has 0 aliphatic carbocycles. The molecule has 4 aromatic rings. The van der Waals surface area contributed by atoms with E-state index in [4.69, 9.17) is 27.1 Å². The van der Waals surface area contributed by atoms with E-state index in [0.29, 0.717) is 16.5 Å². The van der Waals surface area contributed by atoms with Gasteiger partial charge in [-0.2, -0.15) is 0 Å². The molecule has 2 aromatic heterocycles. The Morgan fingerprint density at radius 1 is 0.933 bits per heavy atom. The van der Waals surface area contributed by atoms with Crippen molar-refractivity contribution in [2.75, 3.05) is 36.9 Å². The number of hydrogen-bond acceptors (Lipinski definition) is 6. The molecule has 1 aliphatic rings. The van der Waals surface area contributed by atoms with Crippen molar-refractivity contribution in [3.8, 4) is 22.4 Å². The van der Waals surface area contributed by atoms with Crippen molar-refractivity contribution in [3.63, 3.8) is 0 Å². The Morgan fingerprint density at radius 2 is 1.73 bits per heavy atom. The van der Waals surface area contributed by atoms with E-state index in [1.165, 1.54) is 12.0 Å². The zero-order valence-corrected chi connectivity index (χ0v) is 17.0. The van der Waals surface area contributed by atoms with Crippen LogP contribution in [0.1, 0.15) is 0 Å². The number of benzene rings is 2. The third kappa shape index (κ3) is 3.56. The molecule has 2 N–H and O–H groups in total. The zero-order chi connectivity index (χ0) is 20.5. The Morgan fingerprint density at radius 3 is 2.50 bits per heavy atom. The third-order valence-corrected chi connectivity index (χ3v) is 5.54. The van der Waals surface area contributed by atoms with Crippen LogP contribution in [0.15, 0.2) is 60.9 Å². The molecule has 7 heteroatoms. The van der Waals surface area contributed by atoms with Gasteiger partial charge in [-0.25, -0.2) is 15.0 Å². The number of nitrogens with two attached hydrogens (primary N) is 1. The average molecular weight is 418 g/mol. The van der Waals surface area contributed by atoms with Gasteiger partial charge in [-0.15, -0.1) is 0 Å². The summed E-state index contributed by atoms with van der Waals surface area (Å²) in [5.74, 6) is 0.400. The van der Waals surface area contributed by atoms with Crippen molar-refractivity contribution >= 4 is 34.1 Å². The number of morpholine rings is 1. The van der Waals surface area contributed by atoms with Crippen LogP contribution in [0.2, 0.25) is 5.02 Å². The van der Waals surface area contributed by atoms with Crippen molar-refractivity contribution in [1.29, 1.82) is 0 Å². The second-order valence-electron chi connectivity index (χ2n) is 7.17. The number of anilines is 2. The van der Waals surface area contributed by atoms with Crippen LogP contribution in [0.5, 0.6) is 0 Å². The summed E-state index contributed by atoms with van der Waals surface area (Å²) in [7, 11) is 0. The van der Waals surface area contributed by atoms with E-state index in [0.717, 1.165) is 54.1 Å². The summed E-state index contributed by atoms with van der Waals surface area (Å²) in [6.45, 7) is 3.33. The first-order chi connectivity index (χ1) is 14.7. The van der Waals surface area contributed by atoms with Crippen LogP contribution >= 0.6 is 11.6 Å². The lowest BCUT2D eigenvalue weighted by Gasteiger charge is -2.28. The fourth-order valence-corrected chi connectivity index (χ4v) is 3.97. The molecule has 2 aromatic carbocycles. The average Bonchev–Trinajstić information content (AvgIpc) is 2.79. The Hall–Kier alpha value is -3.22. The van der Waals surface area contributed by atoms with Crippen molar-refractivity contribution in [1.82, 2.24) is 15.0 Å². The van der Waals surface area contributed by atoms with E-state index in [2.05, 4.69) is 39.1 Å². The summed E-state index contributed by atoms with van der Waals surface area (Å²) in [5, 5.41) is 1.39. The van der Waals surface area contributed by atoms with Gasteiger partial charge in [0.05, 0.1) is 24.3 Å². The molecule has 0 unspecified atom stereocenters. The van der Waals surface area contributed by atoms with E-state index >= 15 is 0 Å². The third-order valence-electron chi connectivity index (χ3n) is 5.31. The number of hydrogen-bond donors (Lipinski definition) is 1. The van der Waals surface area contributed by atoms with E-state index in [1.807, 2.05) is 30.3 Å². The molecule has 1 aliphatic heterocycles. The SMILES string of the molecule is Nc1ncnc2nc(-c3ccc(N4CCOCC4)cc3)cc(-c3cccc(Cl)c3)c12. The summed E-state index contributed by atoms with van der Waals surface area (Å²) >= 11 is 6.24. The lowest BCUT2D eigenvalue weighted by molar-refractivity contribution is 0.122. The molecule has 3 heterocycles. The second kappa shape index (κ2) is 7.89. The van der Waals surface area contributed by atoms with Crippen LogP contribution in [0.4, 0.5) is 11.5 Å². The van der Waals surface area contributed by atoms with E-state index < -0.39 is 0 Å². The fourth-order valence-electron chi connectivity index (χ4n) is 3.78. The number of nitrogens with zero attached hydrogens (tertiary/aromatic N) is 4. The van der Waals surface area contributed by atoms with Crippen molar-refractivity contribution in [3.05, 3.63) is 65.9 Å². The lowest BCUT2D eigenvalue weighted by Crippen LogP contribution is -2.36. The monoisotopic (exact) mass is 417 g/mol. The number of halogens is 1. The van der Waals surface area contributed by atoms with Crippen molar-refractivity contribution in [2.24, 2.45) is 0 Å². The first-order valence-electron chi connectivity index (χ1n) is 9.79. The summed E-state index contributed by atoms with van der Waals surface area (Å²) in [5.41, 5.74) is 11.6. The molecule has 0 radical (unpaired) electrons. The van der Waals surface area contributed by atoms with Gasteiger partial charge < -0.3 is 15.4 Å². The maximum absolute atomic E-state index is 6.24. The van der Waals surface area contributed by atoms with Gasteiger partial charge in [0.2, 0.25) is 0 Å². The summed E-state index contributed by atoms with van der Waals surface area (Å²) in [6.07, 6.45) is 1.44. The predicted octanol–water partition coefficient (Wildman–Crippen LogP) is 4.43. The van der Waals surface area contributed by atoms with Crippen LogP contribution in [0.25, 0.3) is 33.4 Å². The van der Waals surface area contributed by atoms with E-state index in [1.54, 1.807) is 0 Å². The molecule has 0 spiro atoms. The summed E-state index contributed by atoms with van der Waals surface area (Å²) < 4.78 is 5.45. The topological polar surface area (TPSA) is 77.2 Å². The van der Waals surface area contributed by atoms with Crippen LogP contribution in [0.3, 0.4) is 0 Å². The smallest absolute Gasteiger partial charge is 0.165 e. The van der Waals surface area contributed by atoms with Crippen LogP contribution in [0, 0.1) is 0 Å². The quantitative estimate of drug-likeness (QED) is 0.531. The highest BCUT2D eigenvalue weighted by molar-refractivity contribution is 6.31. The number of rotatable bonds is 3. The highest BCUT2D eigenvalue weighted by Crippen LogP contribution is 2.35. The van der Waals surface area contributed by atoms with Crippen LogP contribution < -0.4 is 10.6 Å². The van der Waals surface area contributed by atoms with Gasteiger partial charge in [-0.1, -0.05) is 35.9 Å². The first kappa shape index (κ1) is 18.8. The molecular weight excluding hydrogens is 398 g/mol. The van der Waals surface area contributed by atoms with Crippen LogP contribution in [-0.2, 0) is 4.74 Å². The molecule has 6 nitrogen and oxygen atoms in total. The van der Waals surface area contributed by atoms with Gasteiger partial charge in [-0.05, 0) is 41.5 Å². The molecule has 0 atom stereocenters. The maximum atomic E-state index is 6.24. The lowest BCUT2D eigenvalue weighted by atomic mass is 9.99. The second-order valence-corrected chi connectivity index (χ2v) is 7.61. The maximum Gasteiger partial charge on any atom is 0.165 e. The van der Waals surface area contributed by atoms with Gasteiger partial charge in [0.15, 0.2) is 5.65 Å². The standard InChI is InChI=1S/C23H20ClN5O/c24-17-3-1-2-16(12-17)19-13-20(28-23-21(19)22(25)26-14-27-23)15-4-6-18(7-5-15)29-8-10-30-11-9-29/h1-7,12-14H,8-11H2,(H2,25,26,27,28). The van der Waals surface area contributed by atoms with E-state index in [-0.39, 0.29) is 0 Å². The Bertz CT molecular complexity index is 1210. The minimum atomic E-state index is 0.400. The van der Waals surface area contributed by atoms with E-state index in [9.17, 15) is 0 Å². The Labute approximate surface area is 179 Å². The number of fused-ring (bicyclic) bond motifs is 1. The van der Waals surface area contributed by atoms with Crippen LogP contribution in [-0.4, -0.2) is 41.3 Å². The Balaban J connectivity index is 1.61. The zero-order valence-electron chi connectivity index (χ0n) is 16.3. The number of aromatic nitrogens is 3. The molecule has 1 fully saturated rings. The first-order valence-corrected chi connectivity index (χ1v) is 10.2. The molecule has 150 valence electrons. The molecule has 0 amide bonds. The van der Waals surface area contributed by atoms with Gasteiger partial charge >= 0.3 is 0 Å². The normalized spacial score (nSPS) is 14.2. The van der Waals surface area contributed by atoms with Gasteiger partial charge in [0.1, 0.15) is 12.1 Å². The largest absolute Gasteiger partial charge is 0.383 e. The molecule has 1 saturated heterocycles. The molecule has 0 bridgehead atoms. The highest BCUT2D eigenvalue weighted by atomic mass is 35.5. The summed E-state index contributed by atoms with van der Waals surface area (Å²) in [4.78, 5) is 15.6. The van der Waals surface area contributed by atoms with Gasteiger partial charge in [0, 0.05) is 29.4 Å². The summed E-state index contributed by atoms with van der Waals surface area (Å²) in [6, 6.07) is 18.1.